The number of hydrogen-bond acceptors (Lipinski definition) is 5. The summed E-state index contributed by atoms with van der Waals surface area (Å²) >= 11 is 0. The van der Waals surface area contributed by atoms with Crippen molar-refractivity contribution in [2.75, 3.05) is 0 Å². The number of nitrogens with zero attached hydrogens (tertiary/aromatic N) is 1. The minimum Gasteiger partial charge on any atom is -0.403 e. The van der Waals surface area contributed by atoms with Crippen molar-refractivity contribution in [3.05, 3.63) is 71.8 Å². The van der Waals surface area contributed by atoms with Crippen molar-refractivity contribution in [2.24, 2.45) is 23.2 Å². The average molecular weight is 629 g/mol. The number of amides is 1. The van der Waals surface area contributed by atoms with Crippen molar-refractivity contribution in [3.8, 4) is 0 Å². The van der Waals surface area contributed by atoms with E-state index in [0.717, 1.165) is 51.5 Å². The van der Waals surface area contributed by atoms with Gasteiger partial charge in [0.15, 0.2) is 0 Å². The molecule has 0 aromatic heterocycles. The lowest BCUT2D eigenvalue weighted by Crippen LogP contribution is -2.52. The molecule has 5 rings (SSSR count). The number of benzene rings is 2. The fraction of sp³-hybridized carbons (Fsp3) is 0.641. The molecular formula is C39H57BN2O4. The molecule has 0 bridgehead atoms. The maximum atomic E-state index is 14.3. The first-order chi connectivity index (χ1) is 21.6. The van der Waals surface area contributed by atoms with Gasteiger partial charge in [-0.3, -0.25) is 14.5 Å². The SMILES string of the molecule is CC(=O)CC1(C(=O)NC(C)(C)C)C[C@H]2CC(N(Cc3ccccc3)Cc3ccccc3)C[C@H]2C1CCCB1OC(C)(C)C(C)(C)O1. The maximum absolute atomic E-state index is 14.3. The first-order valence-corrected chi connectivity index (χ1v) is 17.6. The van der Waals surface area contributed by atoms with Gasteiger partial charge in [0.2, 0.25) is 5.91 Å². The molecule has 1 aliphatic heterocycles. The highest BCUT2D eigenvalue weighted by Gasteiger charge is 2.60. The third-order valence-electron chi connectivity index (χ3n) is 11.3. The number of nitrogens with one attached hydrogen (secondary N) is 1. The summed E-state index contributed by atoms with van der Waals surface area (Å²) in [5, 5.41) is 3.33. The second kappa shape index (κ2) is 13.6. The van der Waals surface area contributed by atoms with Crippen molar-refractivity contribution >= 4 is 18.8 Å². The summed E-state index contributed by atoms with van der Waals surface area (Å²) in [5.74, 6) is 1.10. The third kappa shape index (κ3) is 7.80. The topological polar surface area (TPSA) is 67.9 Å². The van der Waals surface area contributed by atoms with Gasteiger partial charge in [0.25, 0.3) is 0 Å². The molecule has 0 radical (unpaired) electrons. The molecule has 46 heavy (non-hydrogen) atoms. The van der Waals surface area contributed by atoms with Gasteiger partial charge in [-0.1, -0.05) is 67.1 Å². The van der Waals surface area contributed by atoms with E-state index >= 15 is 0 Å². The Bertz CT molecular complexity index is 1280. The molecule has 6 nitrogen and oxygen atoms in total. The minimum atomic E-state index is -0.682. The molecule has 1 amide bonds. The Labute approximate surface area is 278 Å². The van der Waals surface area contributed by atoms with Crippen molar-refractivity contribution < 1.29 is 18.9 Å². The zero-order chi connectivity index (χ0) is 33.3. The van der Waals surface area contributed by atoms with E-state index < -0.39 is 5.41 Å². The summed E-state index contributed by atoms with van der Waals surface area (Å²) in [7, 11) is -0.253. The lowest BCUT2D eigenvalue weighted by Gasteiger charge is -2.39. The van der Waals surface area contributed by atoms with Crippen LogP contribution in [-0.2, 0) is 32.0 Å². The van der Waals surface area contributed by atoms with Crippen molar-refractivity contribution in [2.45, 2.75) is 136 Å². The van der Waals surface area contributed by atoms with E-state index in [1.54, 1.807) is 6.92 Å². The van der Waals surface area contributed by atoms with Crippen LogP contribution < -0.4 is 5.32 Å². The Balaban J connectivity index is 1.40. The fourth-order valence-electron chi connectivity index (χ4n) is 8.66. The maximum Gasteiger partial charge on any atom is 0.457 e. The Kier molecular flexibility index (Phi) is 10.3. The van der Waals surface area contributed by atoms with Crippen LogP contribution in [0.25, 0.3) is 0 Å². The van der Waals surface area contributed by atoms with Crippen LogP contribution in [0, 0.1) is 23.2 Å². The molecule has 1 saturated heterocycles. The standard InChI is InChI=1S/C39H57BN2O4/c1-28(43)24-39(35(44)41-36(2,3)4)25-31-22-32(42(26-29-16-11-9-12-17-29)27-30-18-13-10-14-19-30)23-33(31)34(39)20-15-21-40-45-37(5,6)38(7,8)46-40/h9-14,16-19,31-34H,15,20-27H2,1-8H3,(H,41,44)/t31-,32?,33-,34?,39?/m1/s1. The number of Topliss-reactive ketones (excluding diaryl/α,β-unsaturated/α-hetero) is 1. The first-order valence-electron chi connectivity index (χ1n) is 17.6. The highest BCUT2D eigenvalue weighted by atomic mass is 16.7. The number of fused-ring (bicyclic) bond motifs is 1. The monoisotopic (exact) mass is 628 g/mol. The highest BCUT2D eigenvalue weighted by molar-refractivity contribution is 6.45. The van der Waals surface area contributed by atoms with Gasteiger partial charge in [0, 0.05) is 31.1 Å². The summed E-state index contributed by atoms with van der Waals surface area (Å²) in [6.07, 6.45) is 5.77. The molecule has 3 unspecified atom stereocenters. The number of rotatable bonds is 12. The molecular weight excluding hydrogens is 571 g/mol. The molecule has 3 fully saturated rings. The summed E-state index contributed by atoms with van der Waals surface area (Å²) < 4.78 is 12.7. The summed E-state index contributed by atoms with van der Waals surface area (Å²) in [5.41, 5.74) is 0.881. The zero-order valence-corrected chi connectivity index (χ0v) is 29.6. The van der Waals surface area contributed by atoms with Gasteiger partial charge in [-0.15, -0.1) is 0 Å². The van der Waals surface area contributed by atoms with E-state index in [2.05, 4.69) is 98.6 Å². The van der Waals surface area contributed by atoms with Gasteiger partial charge in [0.05, 0.1) is 16.6 Å². The first kappa shape index (κ1) is 34.8. The molecule has 2 aromatic rings. The second-order valence-electron chi connectivity index (χ2n) is 16.6. The lowest BCUT2D eigenvalue weighted by atomic mass is 9.67. The summed E-state index contributed by atoms with van der Waals surface area (Å²) in [4.78, 5) is 29.9. The molecule has 250 valence electrons. The zero-order valence-electron chi connectivity index (χ0n) is 29.6. The number of carbonyl (C=O) groups excluding carboxylic acids is 2. The van der Waals surface area contributed by atoms with Gasteiger partial charge >= 0.3 is 7.12 Å². The highest BCUT2D eigenvalue weighted by Crippen LogP contribution is 2.61. The Morgan fingerprint density at radius 2 is 1.43 bits per heavy atom. The van der Waals surface area contributed by atoms with Crippen LogP contribution >= 0.6 is 0 Å². The predicted octanol–water partition coefficient (Wildman–Crippen LogP) is 7.86. The van der Waals surface area contributed by atoms with E-state index in [4.69, 9.17) is 9.31 Å². The van der Waals surface area contributed by atoms with Gasteiger partial charge in [0.1, 0.15) is 5.78 Å². The van der Waals surface area contributed by atoms with Crippen LogP contribution in [0.3, 0.4) is 0 Å². The molecule has 2 aliphatic carbocycles. The number of ketones is 1. The van der Waals surface area contributed by atoms with Gasteiger partial charge in [-0.2, -0.15) is 0 Å². The summed E-state index contributed by atoms with van der Waals surface area (Å²) in [6, 6.07) is 22.0. The van der Waals surface area contributed by atoms with Crippen LogP contribution in [0.15, 0.2) is 60.7 Å². The van der Waals surface area contributed by atoms with E-state index in [-0.39, 0.29) is 41.5 Å². The molecule has 1 heterocycles. The largest absolute Gasteiger partial charge is 0.457 e. The molecule has 2 saturated carbocycles. The van der Waals surface area contributed by atoms with E-state index in [9.17, 15) is 9.59 Å². The van der Waals surface area contributed by atoms with Crippen molar-refractivity contribution in [3.63, 3.8) is 0 Å². The smallest absolute Gasteiger partial charge is 0.403 e. The molecule has 7 heteroatoms. The lowest BCUT2D eigenvalue weighted by molar-refractivity contribution is -0.140. The van der Waals surface area contributed by atoms with Crippen LogP contribution in [0.4, 0.5) is 0 Å². The Hall–Kier alpha value is -2.48. The van der Waals surface area contributed by atoms with Gasteiger partial charge < -0.3 is 14.6 Å². The normalized spacial score (nSPS) is 28.4. The Morgan fingerprint density at radius 3 is 1.93 bits per heavy atom. The van der Waals surface area contributed by atoms with Crippen LogP contribution in [0.2, 0.25) is 6.32 Å². The second-order valence-corrected chi connectivity index (χ2v) is 16.6. The van der Waals surface area contributed by atoms with Crippen LogP contribution in [0.1, 0.15) is 105 Å². The molecule has 1 N–H and O–H groups in total. The third-order valence-corrected chi connectivity index (χ3v) is 11.3. The van der Waals surface area contributed by atoms with Gasteiger partial charge in [-0.05, 0) is 116 Å². The Morgan fingerprint density at radius 1 is 0.891 bits per heavy atom. The quantitative estimate of drug-likeness (QED) is 0.243. The molecule has 2 aromatic carbocycles. The number of hydrogen-bond donors (Lipinski definition) is 1. The number of carbonyl (C=O) groups is 2. The van der Waals surface area contributed by atoms with Crippen molar-refractivity contribution in [1.82, 2.24) is 10.2 Å². The van der Waals surface area contributed by atoms with Crippen molar-refractivity contribution in [1.29, 1.82) is 0 Å². The van der Waals surface area contributed by atoms with E-state index in [0.29, 0.717) is 24.3 Å². The average Bonchev–Trinajstić information content (AvgIpc) is 3.55. The van der Waals surface area contributed by atoms with Crippen LogP contribution in [0.5, 0.6) is 0 Å². The molecule has 5 atom stereocenters. The van der Waals surface area contributed by atoms with E-state index in [1.165, 1.54) is 11.1 Å². The molecule has 0 spiro atoms. The van der Waals surface area contributed by atoms with E-state index in [1.807, 2.05) is 20.8 Å². The fourth-order valence-corrected chi connectivity index (χ4v) is 8.66. The molecule has 3 aliphatic rings. The van der Waals surface area contributed by atoms with Crippen LogP contribution in [-0.4, -0.2) is 46.5 Å². The minimum absolute atomic E-state index is 0.0622. The predicted molar refractivity (Wildman–Crippen MR) is 186 cm³/mol. The summed E-state index contributed by atoms with van der Waals surface area (Å²) in [6.45, 7) is 18.0. The van der Waals surface area contributed by atoms with Gasteiger partial charge in [-0.25, -0.2) is 0 Å².